The van der Waals surface area contributed by atoms with Crippen LogP contribution in [0.5, 0.6) is 0 Å². The summed E-state index contributed by atoms with van der Waals surface area (Å²) in [5, 5.41) is 45.5. The molecule has 35 heteroatoms. The highest BCUT2D eigenvalue weighted by molar-refractivity contribution is 9.08. The van der Waals surface area contributed by atoms with Crippen LogP contribution in [0.1, 0.15) is 135 Å². The fraction of sp³-hybridized carbons (Fsp3) is 0.221. The number of ether oxygens (including phenoxy) is 6. The maximum Gasteiger partial charge on any atom is 0.338 e. The molecule has 11 aromatic carbocycles. The summed E-state index contributed by atoms with van der Waals surface area (Å²) in [6, 6.07) is 72.4. The van der Waals surface area contributed by atoms with E-state index in [1.807, 2.05) is 249 Å². The number of nitrogen functional groups attached to an aromatic ring is 2. The van der Waals surface area contributed by atoms with Gasteiger partial charge in [-0.05, 0) is 256 Å². The van der Waals surface area contributed by atoms with E-state index in [-0.39, 0.29) is 91.7 Å². The third-order valence-electron chi connectivity index (χ3n) is 23.9. The standard InChI is InChI=1S/C21H20N2O3.C19H16N2O3.C12H12N2O4.2C12H14N2O2.C10H11BrO2.C10H12O2.C9H10O2.C8H6N2O2/c1-3-26-19(24)13-22-10-9-15-7-8-17(11-18(15)22)23-12-16-6-4-5-14(2)20(16)21(23)25;1-12-3-2-4-14-10-21(19(24)18(12)14)15-6-5-13-7-8-20(11-17(22)23)16(13)9-15;1-2-18-12(15)8-13-6-5-9-3-4-10(14(16)17)7-11(9)13;2*1-2-16-12(15)8-14-6-5-9-3-4-10(13)7-11(9)14;1-7-4-3-5-8(6-11)9(7)10(12)13-2;1-7-5-4-6-8(2)9(7)10(11)12-3;1-6-4-3-5-7(2)8(6)9(10)11;11-10(12)7-2-1-6-3-4-9-8(6)5-7/h4-11H,3,12-13H2,1-2H3;2-9H,10-11H2,1H3,(H,22,23);3-7H,2,8H2,1H3;2*3-7H,2,8,13H2,1H3;3-5H,6H2,1-2H3;4-6H,1-3H3;3-5H,1-2H3,(H,10,11);1-5,9H. The van der Waals surface area contributed by atoms with Crippen molar-refractivity contribution < 1.29 is 96.4 Å². The van der Waals surface area contributed by atoms with Crippen LogP contribution in [-0.4, -0.2) is 148 Å². The number of aliphatic carboxylic acids is 1. The van der Waals surface area contributed by atoms with E-state index in [1.54, 1.807) is 109 Å². The van der Waals surface area contributed by atoms with Crippen LogP contribution in [0.15, 0.2) is 274 Å². The average Bonchev–Trinajstić information content (AvgIpc) is 1.62. The summed E-state index contributed by atoms with van der Waals surface area (Å²) in [5.41, 5.74) is 32.5. The Labute approximate surface area is 860 Å². The molecule has 7 N–H and O–H groups in total. The number of carbonyl (C=O) groups is 10. The quantitative estimate of drug-likeness (QED) is 0.0105. The molecule has 0 saturated heterocycles. The number of hydrogen-bond donors (Lipinski definition) is 5. The first-order valence-electron chi connectivity index (χ1n) is 47.0. The number of aromatic nitrogens is 6. The Bertz CT molecular complexity index is 7640. The molecular formula is C113H115BrN12O22. The van der Waals surface area contributed by atoms with Crippen molar-refractivity contribution in [1.29, 1.82) is 0 Å². The number of rotatable bonds is 22. The Hall–Kier alpha value is -17.8. The van der Waals surface area contributed by atoms with E-state index in [2.05, 4.69) is 25.7 Å². The molecule has 2 amide bonds. The van der Waals surface area contributed by atoms with Gasteiger partial charge in [0, 0.05) is 106 Å². The molecule has 0 bridgehead atoms. The van der Waals surface area contributed by atoms with Gasteiger partial charge in [0.2, 0.25) is 0 Å². The molecule has 0 fully saturated rings. The number of halogens is 1. The van der Waals surface area contributed by atoms with Crippen LogP contribution in [-0.2, 0) is 104 Å². The Morgan fingerprint density at radius 1 is 0.378 bits per heavy atom. The van der Waals surface area contributed by atoms with Gasteiger partial charge in [-0.15, -0.1) is 0 Å². The summed E-state index contributed by atoms with van der Waals surface area (Å²) >= 11 is 3.33. The number of aromatic amines is 1. The number of hydrogen-bond acceptors (Lipinski definition) is 22. The first-order chi connectivity index (χ1) is 70.9. The molecule has 34 nitrogen and oxygen atoms in total. The largest absolute Gasteiger partial charge is 0.480 e. The van der Waals surface area contributed by atoms with Gasteiger partial charge in [-0.1, -0.05) is 131 Å². The summed E-state index contributed by atoms with van der Waals surface area (Å²) in [7, 11) is 2.79. The molecule has 0 spiro atoms. The SMILES string of the molecule is CCOC(=O)Cn1ccc2ccc(N)cc21.CCOC(=O)Cn1ccc2ccc(N)cc21.CCOC(=O)Cn1ccc2ccc(N3Cc4cccc(C)c4C3=O)cc21.CCOC(=O)Cn1ccc2ccc([N+](=O)[O-])cc21.COC(=O)c1c(C)cccc1C.COC(=O)c1c(C)cccc1CBr.Cc1cccc(C)c1C(=O)O.Cc1cccc2c1C(=O)N(c1ccc3ccn(CC(=O)O)c3c1)C2.O=[N+]([O-])c1ccc2cc[nH]c2c1. The van der Waals surface area contributed by atoms with E-state index >= 15 is 0 Å². The van der Waals surface area contributed by atoms with Gasteiger partial charge in [-0.25, -0.2) is 14.4 Å². The van der Waals surface area contributed by atoms with Crippen LogP contribution in [0, 0.1) is 68.7 Å². The predicted octanol–water partition coefficient (Wildman–Crippen LogP) is 21.4. The highest BCUT2D eigenvalue weighted by atomic mass is 79.9. The van der Waals surface area contributed by atoms with Crippen molar-refractivity contribution in [2.45, 2.75) is 127 Å². The average molecular weight is 2070 g/mol. The molecule has 0 saturated carbocycles. The lowest BCUT2D eigenvalue weighted by Gasteiger charge is -2.16. The Morgan fingerprint density at radius 3 is 1.05 bits per heavy atom. The first-order valence-corrected chi connectivity index (χ1v) is 48.2. The smallest absolute Gasteiger partial charge is 0.338 e. The maximum atomic E-state index is 12.9. The molecule has 8 heterocycles. The van der Waals surface area contributed by atoms with E-state index in [9.17, 15) is 68.2 Å². The van der Waals surface area contributed by atoms with Gasteiger partial charge >= 0.3 is 47.8 Å². The third-order valence-corrected chi connectivity index (χ3v) is 24.5. The number of carboxylic acids is 2. The number of carbonyl (C=O) groups excluding carboxylic acids is 8. The zero-order chi connectivity index (χ0) is 107. The number of nitrogens with zero attached hydrogens (tertiary/aromatic N) is 9. The van der Waals surface area contributed by atoms with Crippen LogP contribution in [0.3, 0.4) is 0 Å². The lowest BCUT2D eigenvalue weighted by atomic mass is 10.0. The second-order valence-corrected chi connectivity index (χ2v) is 34.6. The van der Waals surface area contributed by atoms with Crippen LogP contribution in [0.4, 0.5) is 34.1 Å². The van der Waals surface area contributed by atoms with Crippen LogP contribution in [0.25, 0.3) is 65.4 Å². The molecule has 19 rings (SSSR count). The Balaban J connectivity index is 0.000000161. The van der Waals surface area contributed by atoms with Gasteiger partial charge in [0.1, 0.15) is 32.7 Å². The number of anilines is 4. The molecule has 6 aromatic heterocycles. The second-order valence-electron chi connectivity index (χ2n) is 34.0. The zero-order valence-corrected chi connectivity index (χ0v) is 85.7. The molecule has 0 atom stereocenters. The van der Waals surface area contributed by atoms with E-state index in [4.69, 9.17) is 45.4 Å². The number of carboxylic acid groups (broad SMARTS) is 2. The van der Waals surface area contributed by atoms with Gasteiger partial charge in [0.15, 0.2) is 0 Å². The van der Waals surface area contributed by atoms with Crippen molar-refractivity contribution in [2.24, 2.45) is 0 Å². The molecule has 148 heavy (non-hydrogen) atoms. The number of amides is 2. The lowest BCUT2D eigenvalue weighted by molar-refractivity contribution is -0.384. The van der Waals surface area contributed by atoms with Gasteiger partial charge in [0.05, 0.1) is 113 Å². The minimum Gasteiger partial charge on any atom is -0.480 e. The number of nitro groups is 2. The molecule has 0 radical (unpaired) electrons. The van der Waals surface area contributed by atoms with Gasteiger partial charge in [0.25, 0.3) is 23.2 Å². The zero-order valence-electron chi connectivity index (χ0n) is 84.1. The summed E-state index contributed by atoms with van der Waals surface area (Å²) < 4.78 is 37.9. The fourth-order valence-corrected chi connectivity index (χ4v) is 17.3. The minimum atomic E-state index is -0.891. The monoisotopic (exact) mass is 2070 g/mol. The fourth-order valence-electron chi connectivity index (χ4n) is 16.9. The lowest BCUT2D eigenvalue weighted by Crippen LogP contribution is -2.23. The van der Waals surface area contributed by atoms with Crippen molar-refractivity contribution >= 4 is 175 Å². The molecule has 0 aliphatic carbocycles. The summed E-state index contributed by atoms with van der Waals surface area (Å²) in [5.74, 6) is -3.33. The van der Waals surface area contributed by atoms with Crippen molar-refractivity contribution in [3.05, 3.63) is 377 Å². The maximum absolute atomic E-state index is 12.9. The van der Waals surface area contributed by atoms with E-state index in [1.165, 1.54) is 38.5 Å². The molecule has 2 aliphatic heterocycles. The minimum absolute atomic E-state index is 0.00112. The normalized spacial score (nSPS) is 11.3. The summed E-state index contributed by atoms with van der Waals surface area (Å²) in [6.45, 7) is 23.5. The number of H-pyrrole nitrogens is 1. The molecular weight excluding hydrogens is 1960 g/mol. The number of alkyl halides is 1. The van der Waals surface area contributed by atoms with E-state index in [0.717, 1.165) is 138 Å². The third kappa shape index (κ3) is 28.2. The number of aryl methyl sites for hydroxylation is 7. The molecule has 0 unspecified atom stereocenters. The molecule has 17 aromatic rings. The molecule has 2 aliphatic rings. The van der Waals surface area contributed by atoms with Gasteiger partial charge in [-0.2, -0.15) is 0 Å². The first kappa shape index (κ1) is 111. The number of non-ortho nitro benzene ring substituents is 2. The van der Waals surface area contributed by atoms with Crippen LogP contribution >= 0.6 is 15.9 Å². The summed E-state index contributed by atoms with van der Waals surface area (Å²) in [4.78, 5) is 143. The van der Waals surface area contributed by atoms with Crippen molar-refractivity contribution in [1.82, 2.24) is 27.8 Å². The predicted molar refractivity (Wildman–Crippen MR) is 573 cm³/mol. The van der Waals surface area contributed by atoms with Gasteiger partial charge in [-0.3, -0.25) is 53.8 Å². The van der Waals surface area contributed by atoms with E-state index in [0.29, 0.717) is 78.4 Å². The number of nitro benzene ring substituents is 2. The number of methoxy groups -OCH3 is 2. The number of fused-ring (bicyclic) bond motifs is 8. The number of aromatic carboxylic acids is 1. The Kier molecular flexibility index (Phi) is 38.8. The Morgan fingerprint density at radius 2 is 0.696 bits per heavy atom. The number of nitrogens with two attached hydrogens (primary N) is 2. The van der Waals surface area contributed by atoms with Crippen molar-refractivity contribution in [2.75, 3.05) is 61.9 Å². The highest BCUT2D eigenvalue weighted by Gasteiger charge is 2.32. The highest BCUT2D eigenvalue weighted by Crippen LogP contribution is 2.36. The number of benzene rings is 11. The van der Waals surface area contributed by atoms with E-state index < -0.39 is 21.8 Å². The number of nitrogens with one attached hydrogen (secondary N) is 1. The number of esters is 6. The molecule has 766 valence electrons. The van der Waals surface area contributed by atoms with Gasteiger partial charge < -0.3 is 87.7 Å². The van der Waals surface area contributed by atoms with Crippen molar-refractivity contribution in [3.8, 4) is 0 Å². The van der Waals surface area contributed by atoms with Crippen LogP contribution < -0.4 is 21.3 Å². The van der Waals surface area contributed by atoms with Crippen LogP contribution in [0.2, 0.25) is 0 Å². The summed E-state index contributed by atoms with van der Waals surface area (Å²) in [6.07, 6.45) is 10.8. The second kappa shape index (κ2) is 52.0. The van der Waals surface area contributed by atoms with Crippen molar-refractivity contribution in [3.63, 3.8) is 0 Å². The topological polar surface area (TPSA) is 452 Å².